The van der Waals surface area contributed by atoms with Crippen LogP contribution in [0.25, 0.3) is 10.9 Å². The Morgan fingerprint density at radius 2 is 1.78 bits per heavy atom. The molecule has 1 fully saturated rings. The zero-order valence-corrected chi connectivity index (χ0v) is 20.8. The molecule has 4 aromatic rings. The summed E-state index contributed by atoms with van der Waals surface area (Å²) in [5, 5.41) is 7.34. The lowest BCUT2D eigenvalue weighted by molar-refractivity contribution is -0.134. The Hall–Kier alpha value is -4.17. The highest BCUT2D eigenvalue weighted by molar-refractivity contribution is 6.03. The van der Waals surface area contributed by atoms with Crippen molar-refractivity contribution in [3.63, 3.8) is 0 Å². The third-order valence-electron chi connectivity index (χ3n) is 7.20. The Kier molecular flexibility index (Phi) is 6.10. The van der Waals surface area contributed by atoms with E-state index in [-0.39, 0.29) is 24.4 Å². The minimum Gasteiger partial charge on any atom is -0.467 e. The first-order valence-corrected chi connectivity index (χ1v) is 12.6. The van der Waals surface area contributed by atoms with Crippen LogP contribution in [0.1, 0.15) is 39.8 Å². The second-order valence-corrected chi connectivity index (χ2v) is 9.72. The molecule has 0 saturated carbocycles. The van der Waals surface area contributed by atoms with Crippen molar-refractivity contribution in [3.8, 4) is 0 Å². The van der Waals surface area contributed by atoms with Crippen LogP contribution in [0.5, 0.6) is 0 Å². The van der Waals surface area contributed by atoms with Crippen LogP contribution in [0.2, 0.25) is 0 Å². The van der Waals surface area contributed by atoms with E-state index in [0.717, 1.165) is 27.9 Å². The van der Waals surface area contributed by atoms with Crippen molar-refractivity contribution in [1.82, 2.24) is 19.8 Å². The van der Waals surface area contributed by atoms with E-state index in [9.17, 15) is 9.59 Å². The van der Waals surface area contributed by atoms with Gasteiger partial charge in [0.15, 0.2) is 0 Å². The van der Waals surface area contributed by atoms with Crippen LogP contribution in [0.15, 0.2) is 82.5 Å². The first kappa shape index (κ1) is 23.2. The van der Waals surface area contributed by atoms with Gasteiger partial charge < -0.3 is 14.3 Å². The van der Waals surface area contributed by atoms with E-state index >= 15 is 0 Å². The fraction of sp³-hybridized carbons (Fsp3) is 0.276. The molecule has 2 aromatic carbocycles. The first-order chi connectivity index (χ1) is 18.0. The van der Waals surface area contributed by atoms with E-state index < -0.39 is 0 Å². The van der Waals surface area contributed by atoms with E-state index in [1.165, 1.54) is 5.56 Å². The summed E-state index contributed by atoms with van der Waals surface area (Å²) in [7, 11) is 0. The van der Waals surface area contributed by atoms with Crippen LogP contribution in [0.3, 0.4) is 0 Å². The monoisotopic (exact) mass is 495 g/mol. The largest absolute Gasteiger partial charge is 0.467 e. The number of amides is 2. The number of aromatic nitrogens is 1. The highest BCUT2D eigenvalue weighted by atomic mass is 16.3. The summed E-state index contributed by atoms with van der Waals surface area (Å²) in [5.41, 5.74) is 4.63. The predicted molar refractivity (Wildman–Crippen MR) is 141 cm³/mol. The summed E-state index contributed by atoms with van der Waals surface area (Å²) in [5.74, 6) is 0.652. The van der Waals surface area contributed by atoms with Crippen molar-refractivity contribution >= 4 is 28.4 Å². The highest BCUT2D eigenvalue weighted by Crippen LogP contribution is 2.33. The molecule has 2 aromatic heterocycles. The van der Waals surface area contributed by atoms with Gasteiger partial charge in [-0.2, -0.15) is 5.10 Å². The van der Waals surface area contributed by atoms with Gasteiger partial charge in [0.1, 0.15) is 17.5 Å². The predicted octanol–water partition coefficient (Wildman–Crippen LogP) is 4.21. The number of benzene rings is 2. The fourth-order valence-electron chi connectivity index (χ4n) is 5.10. The number of hydrogen-bond donors (Lipinski definition) is 1. The van der Waals surface area contributed by atoms with Gasteiger partial charge in [-0.1, -0.05) is 48.0 Å². The maximum Gasteiger partial charge on any atom is 0.270 e. The van der Waals surface area contributed by atoms with Crippen LogP contribution in [0, 0.1) is 6.92 Å². The Morgan fingerprint density at radius 1 is 1.00 bits per heavy atom. The summed E-state index contributed by atoms with van der Waals surface area (Å²) >= 11 is 0. The molecule has 1 N–H and O–H groups in total. The molecule has 8 nitrogen and oxygen atoms in total. The number of carbonyl (C=O) groups is 2. The first-order valence-electron chi connectivity index (χ1n) is 12.6. The SMILES string of the molecule is Cc1ccc(C2=NN(C(=O)CN3CCN(C(=O)c4cc5ccccc5[nH]4)CC3)C(c3ccco3)C2)cc1. The molecule has 4 heterocycles. The second kappa shape index (κ2) is 9.71. The number of nitrogens with one attached hydrogen (secondary N) is 1. The van der Waals surface area contributed by atoms with Crippen LogP contribution < -0.4 is 0 Å². The fourth-order valence-corrected chi connectivity index (χ4v) is 5.10. The number of carbonyl (C=O) groups excluding carboxylic acids is 2. The molecule has 1 atom stereocenters. The van der Waals surface area contributed by atoms with Gasteiger partial charge in [-0.15, -0.1) is 0 Å². The molecular formula is C29H29N5O3. The molecule has 2 aliphatic heterocycles. The molecule has 0 spiro atoms. The molecule has 6 rings (SSSR count). The number of nitrogens with zero attached hydrogens (tertiary/aromatic N) is 4. The van der Waals surface area contributed by atoms with Crippen molar-refractivity contribution in [1.29, 1.82) is 0 Å². The number of para-hydroxylation sites is 1. The highest BCUT2D eigenvalue weighted by Gasteiger charge is 2.36. The second-order valence-electron chi connectivity index (χ2n) is 9.72. The number of furan rings is 1. The topological polar surface area (TPSA) is 85.2 Å². The quantitative estimate of drug-likeness (QED) is 0.450. The van der Waals surface area contributed by atoms with E-state index in [0.29, 0.717) is 38.3 Å². The molecular weight excluding hydrogens is 466 g/mol. The van der Waals surface area contributed by atoms with Crippen molar-refractivity contribution in [2.45, 2.75) is 19.4 Å². The molecule has 188 valence electrons. The number of H-pyrrole nitrogens is 1. The van der Waals surface area contributed by atoms with Gasteiger partial charge in [0, 0.05) is 43.5 Å². The molecule has 0 radical (unpaired) electrons. The van der Waals surface area contributed by atoms with Gasteiger partial charge in [-0.05, 0) is 36.8 Å². The van der Waals surface area contributed by atoms with Gasteiger partial charge in [0.25, 0.3) is 11.8 Å². The molecule has 1 unspecified atom stereocenters. The number of hydrogen-bond acceptors (Lipinski definition) is 5. The summed E-state index contributed by atoms with van der Waals surface area (Å²) in [4.78, 5) is 33.6. The van der Waals surface area contributed by atoms with E-state index in [2.05, 4.69) is 28.9 Å². The number of piperazine rings is 1. The van der Waals surface area contributed by atoms with Gasteiger partial charge in [-0.25, -0.2) is 5.01 Å². The minimum absolute atomic E-state index is 0.00746. The lowest BCUT2D eigenvalue weighted by atomic mass is 10.0. The Balaban J connectivity index is 1.11. The summed E-state index contributed by atoms with van der Waals surface area (Å²) in [6, 6.07) is 21.5. The number of fused-ring (bicyclic) bond motifs is 1. The van der Waals surface area contributed by atoms with Gasteiger partial charge in [-0.3, -0.25) is 14.5 Å². The number of aryl methyl sites for hydroxylation is 1. The normalized spacial score (nSPS) is 18.4. The lowest BCUT2D eigenvalue weighted by Gasteiger charge is -2.34. The lowest BCUT2D eigenvalue weighted by Crippen LogP contribution is -2.51. The van der Waals surface area contributed by atoms with E-state index in [1.54, 1.807) is 11.3 Å². The third kappa shape index (κ3) is 4.68. The Morgan fingerprint density at radius 3 is 2.51 bits per heavy atom. The number of aromatic amines is 1. The third-order valence-corrected chi connectivity index (χ3v) is 7.20. The van der Waals surface area contributed by atoms with Crippen molar-refractivity contribution in [3.05, 3.63) is 95.6 Å². The Bertz CT molecular complexity index is 1410. The zero-order chi connectivity index (χ0) is 25.4. The molecule has 0 bridgehead atoms. The van der Waals surface area contributed by atoms with E-state index in [1.807, 2.05) is 59.5 Å². The number of rotatable bonds is 5. The molecule has 2 aliphatic rings. The van der Waals surface area contributed by atoms with Crippen molar-refractivity contribution in [2.24, 2.45) is 5.10 Å². The van der Waals surface area contributed by atoms with Gasteiger partial charge in [0.05, 0.1) is 18.5 Å². The average molecular weight is 496 g/mol. The van der Waals surface area contributed by atoms with Gasteiger partial charge >= 0.3 is 0 Å². The average Bonchev–Trinajstić information content (AvgIpc) is 3.68. The summed E-state index contributed by atoms with van der Waals surface area (Å²) in [6.07, 6.45) is 2.24. The Labute approximate surface area is 215 Å². The maximum atomic E-state index is 13.4. The van der Waals surface area contributed by atoms with Crippen molar-refractivity contribution in [2.75, 3.05) is 32.7 Å². The molecule has 1 saturated heterocycles. The zero-order valence-electron chi connectivity index (χ0n) is 20.8. The number of hydrazone groups is 1. The molecule has 2 amide bonds. The van der Waals surface area contributed by atoms with Crippen LogP contribution in [0.4, 0.5) is 0 Å². The smallest absolute Gasteiger partial charge is 0.270 e. The molecule has 37 heavy (non-hydrogen) atoms. The van der Waals surface area contributed by atoms with E-state index in [4.69, 9.17) is 9.52 Å². The van der Waals surface area contributed by atoms with Crippen LogP contribution in [-0.4, -0.2) is 70.0 Å². The van der Waals surface area contributed by atoms with Crippen LogP contribution >= 0.6 is 0 Å². The molecule has 8 heteroatoms. The summed E-state index contributed by atoms with van der Waals surface area (Å²) < 4.78 is 5.67. The minimum atomic E-state index is -0.260. The maximum absolute atomic E-state index is 13.4. The van der Waals surface area contributed by atoms with Crippen molar-refractivity contribution < 1.29 is 14.0 Å². The standard InChI is InChI=1S/C29H29N5O3/c1-20-8-10-21(11-9-20)24-18-26(27-7-4-16-37-27)34(31-24)28(35)19-32-12-14-33(15-13-32)29(36)25-17-22-5-2-3-6-23(22)30-25/h2-11,16-17,26,30H,12-15,18-19H2,1H3. The van der Waals surface area contributed by atoms with Gasteiger partial charge in [0.2, 0.25) is 0 Å². The molecule has 0 aliphatic carbocycles. The van der Waals surface area contributed by atoms with Crippen LogP contribution in [-0.2, 0) is 4.79 Å². The summed E-state index contributed by atoms with van der Waals surface area (Å²) in [6.45, 7) is 4.70.